The van der Waals surface area contributed by atoms with Crippen molar-refractivity contribution < 1.29 is 14.3 Å². The van der Waals surface area contributed by atoms with Crippen LogP contribution in [-0.2, 0) is 14.3 Å². The van der Waals surface area contributed by atoms with Crippen LogP contribution in [-0.4, -0.2) is 32.3 Å². The predicted octanol–water partition coefficient (Wildman–Crippen LogP) is 2.96. The highest BCUT2D eigenvalue weighted by molar-refractivity contribution is 6.40. The molecule has 0 spiro atoms. The molecule has 1 atom stereocenters. The number of nitrogens with two attached hydrogens (primary N) is 1. The lowest BCUT2D eigenvalue weighted by atomic mass is 10.2. The monoisotopic (exact) mass is 320 g/mol. The highest BCUT2D eigenvalue weighted by Crippen LogP contribution is 2.32. The van der Waals surface area contributed by atoms with Gasteiger partial charge >= 0.3 is 0 Å². The first-order chi connectivity index (χ1) is 9.45. The number of halogens is 2. The quantitative estimate of drug-likeness (QED) is 0.598. The Labute approximate surface area is 128 Å². The minimum Gasteiger partial charge on any atom is -0.399 e. The van der Waals surface area contributed by atoms with Crippen LogP contribution in [0.4, 0.5) is 11.4 Å². The largest absolute Gasteiger partial charge is 0.399 e. The average Bonchev–Trinajstić information content (AvgIpc) is 2.38. The van der Waals surface area contributed by atoms with Crippen molar-refractivity contribution in [2.45, 2.75) is 19.4 Å². The molecule has 0 radical (unpaired) electrons. The zero-order chi connectivity index (χ0) is 15.1. The van der Waals surface area contributed by atoms with Gasteiger partial charge in [0.05, 0.1) is 15.7 Å². The van der Waals surface area contributed by atoms with Crippen molar-refractivity contribution in [2.24, 2.45) is 0 Å². The summed E-state index contributed by atoms with van der Waals surface area (Å²) in [7, 11) is 1.61. The lowest BCUT2D eigenvalue weighted by Gasteiger charge is -2.15. The Morgan fingerprint density at radius 2 is 1.95 bits per heavy atom. The van der Waals surface area contributed by atoms with E-state index < -0.39 is 6.10 Å². The zero-order valence-electron chi connectivity index (χ0n) is 11.4. The van der Waals surface area contributed by atoms with Crippen LogP contribution in [0.3, 0.4) is 0 Å². The molecular weight excluding hydrogens is 303 g/mol. The van der Waals surface area contributed by atoms with Gasteiger partial charge in [-0.2, -0.15) is 0 Å². The number of hydrogen-bond donors (Lipinski definition) is 2. The van der Waals surface area contributed by atoms with E-state index in [0.29, 0.717) is 24.6 Å². The number of anilines is 2. The van der Waals surface area contributed by atoms with E-state index in [1.807, 2.05) is 0 Å². The molecule has 20 heavy (non-hydrogen) atoms. The normalized spacial score (nSPS) is 12.2. The molecule has 0 saturated carbocycles. The van der Waals surface area contributed by atoms with Crippen molar-refractivity contribution >= 4 is 40.5 Å². The first-order valence-electron chi connectivity index (χ1n) is 6.11. The molecule has 0 aromatic heterocycles. The molecule has 112 valence electrons. The molecule has 3 N–H and O–H groups in total. The lowest BCUT2D eigenvalue weighted by Crippen LogP contribution is -2.28. The first kappa shape index (κ1) is 17.0. The average molecular weight is 321 g/mol. The Kier molecular flexibility index (Phi) is 7.09. The van der Waals surface area contributed by atoms with Crippen molar-refractivity contribution in [2.75, 3.05) is 31.4 Å². The summed E-state index contributed by atoms with van der Waals surface area (Å²) in [4.78, 5) is 11.9. The van der Waals surface area contributed by atoms with E-state index in [9.17, 15) is 4.79 Å². The van der Waals surface area contributed by atoms with Crippen LogP contribution < -0.4 is 11.1 Å². The number of methoxy groups -OCH3 is 1. The molecule has 0 aliphatic rings. The summed E-state index contributed by atoms with van der Waals surface area (Å²) < 4.78 is 10.3. The number of ether oxygens (including phenoxy) is 2. The maximum Gasteiger partial charge on any atom is 0.253 e. The van der Waals surface area contributed by atoms with Crippen LogP contribution in [0.1, 0.15) is 13.3 Å². The maximum absolute atomic E-state index is 11.9. The number of rotatable bonds is 7. The van der Waals surface area contributed by atoms with Gasteiger partial charge in [-0.05, 0) is 25.5 Å². The molecule has 0 fully saturated rings. The van der Waals surface area contributed by atoms with Crippen molar-refractivity contribution in [3.05, 3.63) is 22.2 Å². The maximum atomic E-state index is 11.9. The van der Waals surface area contributed by atoms with Crippen molar-refractivity contribution in [1.29, 1.82) is 0 Å². The molecule has 0 bridgehead atoms. The van der Waals surface area contributed by atoms with E-state index in [4.69, 9.17) is 38.4 Å². The van der Waals surface area contributed by atoms with E-state index in [2.05, 4.69) is 5.32 Å². The smallest absolute Gasteiger partial charge is 0.253 e. The Bertz CT molecular complexity index is 446. The highest BCUT2D eigenvalue weighted by Gasteiger charge is 2.17. The molecule has 1 unspecified atom stereocenters. The molecule has 1 rings (SSSR count). The second kappa shape index (κ2) is 8.32. The van der Waals surface area contributed by atoms with Crippen LogP contribution in [0.15, 0.2) is 12.1 Å². The van der Waals surface area contributed by atoms with Crippen molar-refractivity contribution in [1.82, 2.24) is 0 Å². The third kappa shape index (κ3) is 5.17. The Morgan fingerprint density at radius 3 is 2.50 bits per heavy atom. The third-order valence-corrected chi connectivity index (χ3v) is 3.14. The standard InChI is InChI=1S/C13H18Cl2N2O3/c1-8(20-5-3-4-19-2)13(18)17-12-10(14)6-9(16)7-11(12)15/h6-8H,3-5,16H2,1-2H3,(H,17,18). The third-order valence-electron chi connectivity index (χ3n) is 2.54. The van der Waals surface area contributed by atoms with E-state index in [1.165, 1.54) is 12.1 Å². The minimum absolute atomic E-state index is 0.287. The first-order valence-corrected chi connectivity index (χ1v) is 6.87. The van der Waals surface area contributed by atoms with Crippen molar-refractivity contribution in [3.8, 4) is 0 Å². The van der Waals surface area contributed by atoms with Gasteiger partial charge in [-0.15, -0.1) is 0 Å². The Hall–Kier alpha value is -1.01. The van der Waals surface area contributed by atoms with Crippen molar-refractivity contribution in [3.63, 3.8) is 0 Å². The van der Waals surface area contributed by atoms with Gasteiger partial charge in [0.25, 0.3) is 5.91 Å². The molecular formula is C13H18Cl2N2O3. The summed E-state index contributed by atoms with van der Waals surface area (Å²) in [6.45, 7) is 2.68. The summed E-state index contributed by atoms with van der Waals surface area (Å²) in [5.41, 5.74) is 6.36. The second-order valence-electron chi connectivity index (χ2n) is 4.21. The molecule has 1 aromatic carbocycles. The molecule has 5 nitrogen and oxygen atoms in total. The topological polar surface area (TPSA) is 73.6 Å². The van der Waals surface area contributed by atoms with Gasteiger partial charge in [-0.1, -0.05) is 23.2 Å². The molecule has 1 aromatic rings. The fourth-order valence-electron chi connectivity index (χ4n) is 1.48. The summed E-state index contributed by atoms with van der Waals surface area (Å²) in [5.74, 6) is -0.323. The van der Waals surface area contributed by atoms with E-state index >= 15 is 0 Å². The van der Waals surface area contributed by atoms with Gasteiger partial charge in [0, 0.05) is 26.0 Å². The van der Waals surface area contributed by atoms with E-state index in [1.54, 1.807) is 14.0 Å². The molecule has 0 aliphatic carbocycles. The number of hydrogen-bond acceptors (Lipinski definition) is 4. The summed E-state index contributed by atoms with van der Waals surface area (Å²) >= 11 is 12.0. The number of nitrogen functional groups attached to an aromatic ring is 1. The Morgan fingerprint density at radius 1 is 1.35 bits per heavy atom. The fourth-order valence-corrected chi connectivity index (χ4v) is 2.07. The van der Waals surface area contributed by atoms with Gasteiger partial charge in [0.2, 0.25) is 0 Å². The van der Waals surface area contributed by atoms with Gasteiger partial charge in [0.1, 0.15) is 6.10 Å². The van der Waals surface area contributed by atoms with Gasteiger partial charge in [-0.3, -0.25) is 4.79 Å². The van der Waals surface area contributed by atoms with Crippen LogP contribution >= 0.6 is 23.2 Å². The molecule has 0 aliphatic heterocycles. The number of benzene rings is 1. The zero-order valence-corrected chi connectivity index (χ0v) is 12.9. The summed E-state index contributed by atoms with van der Waals surface area (Å²) in [6.07, 6.45) is 0.105. The second-order valence-corrected chi connectivity index (χ2v) is 5.02. The molecule has 0 heterocycles. The number of amides is 1. The SMILES string of the molecule is COCCCOC(C)C(=O)Nc1c(Cl)cc(N)cc1Cl. The van der Waals surface area contributed by atoms with E-state index in [-0.39, 0.29) is 16.0 Å². The predicted molar refractivity (Wildman–Crippen MR) is 81.4 cm³/mol. The van der Waals surface area contributed by atoms with Crippen LogP contribution in [0, 0.1) is 0 Å². The number of nitrogens with one attached hydrogen (secondary N) is 1. The lowest BCUT2D eigenvalue weighted by molar-refractivity contribution is -0.126. The van der Waals surface area contributed by atoms with E-state index in [0.717, 1.165) is 6.42 Å². The van der Waals surface area contributed by atoms with Crippen LogP contribution in [0.25, 0.3) is 0 Å². The van der Waals surface area contributed by atoms with Gasteiger partial charge < -0.3 is 20.5 Å². The number of carbonyl (C=O) groups excluding carboxylic acids is 1. The fraction of sp³-hybridized carbons (Fsp3) is 0.462. The molecule has 1 amide bonds. The van der Waals surface area contributed by atoms with Crippen LogP contribution in [0.2, 0.25) is 10.0 Å². The van der Waals surface area contributed by atoms with Gasteiger partial charge in [-0.25, -0.2) is 0 Å². The summed E-state index contributed by atoms with van der Waals surface area (Å²) in [5, 5.41) is 3.21. The molecule has 7 heteroatoms. The minimum atomic E-state index is -0.614. The van der Waals surface area contributed by atoms with Crippen LogP contribution in [0.5, 0.6) is 0 Å². The number of carbonyl (C=O) groups is 1. The molecule has 0 saturated heterocycles. The summed E-state index contributed by atoms with van der Waals surface area (Å²) in [6, 6.07) is 3.04. The Balaban J connectivity index is 2.57. The van der Waals surface area contributed by atoms with Gasteiger partial charge in [0.15, 0.2) is 0 Å². The highest BCUT2D eigenvalue weighted by atomic mass is 35.5.